The van der Waals surface area contributed by atoms with Crippen molar-refractivity contribution < 1.29 is 24.4 Å². The number of carbonyl (C=O) groups is 3. The van der Waals surface area contributed by atoms with Gasteiger partial charge in [-0.3, -0.25) is 29.4 Å². The third kappa shape index (κ3) is 4.78. The zero-order valence-electron chi connectivity index (χ0n) is 14.3. The number of hydrogen-bond donors (Lipinski definition) is 1. The number of non-ortho nitro benzene ring substituents is 1. The van der Waals surface area contributed by atoms with E-state index in [2.05, 4.69) is 0 Å². The summed E-state index contributed by atoms with van der Waals surface area (Å²) in [5.74, 6) is -0.948. The number of ketones is 1. The minimum atomic E-state index is -0.589. The Kier molecular flexibility index (Phi) is 6.58. The van der Waals surface area contributed by atoms with Crippen molar-refractivity contribution in [2.45, 2.75) is 0 Å². The van der Waals surface area contributed by atoms with Gasteiger partial charge in [-0.05, 0) is 92.8 Å². The number of halogens is 2. The molecule has 2 aromatic carbocycles. The summed E-state index contributed by atoms with van der Waals surface area (Å²) in [7, 11) is 0. The number of amides is 2. The number of benzene rings is 2. The van der Waals surface area contributed by atoms with Crippen LogP contribution in [-0.2, 0) is 4.79 Å². The van der Waals surface area contributed by atoms with Crippen LogP contribution in [-0.4, -0.2) is 38.4 Å². The van der Waals surface area contributed by atoms with Crippen molar-refractivity contribution in [2.24, 2.45) is 0 Å². The molecule has 0 atom stereocenters. The molecule has 1 saturated heterocycles. The summed E-state index contributed by atoms with van der Waals surface area (Å²) in [5.41, 5.74) is 0.652. The van der Waals surface area contributed by atoms with Gasteiger partial charge in [0.05, 0.1) is 23.5 Å². The molecule has 148 valence electrons. The quantitative estimate of drug-likeness (QED) is 0.170. The van der Waals surface area contributed by atoms with E-state index in [0.717, 1.165) is 16.7 Å². The number of nitro groups is 1. The number of aromatic hydroxyl groups is 1. The van der Waals surface area contributed by atoms with E-state index in [-0.39, 0.29) is 21.9 Å². The van der Waals surface area contributed by atoms with E-state index in [1.54, 1.807) is 12.1 Å². The van der Waals surface area contributed by atoms with Crippen LogP contribution >= 0.6 is 56.9 Å². The Labute approximate surface area is 195 Å². The molecule has 0 bridgehead atoms. The molecule has 0 aromatic heterocycles. The standard InChI is InChI=1S/C18H10I2N2O6S/c19-12-5-9(6-13(20)16(12)24)7-15-17(25)21(18(26)29-15)8-14(23)10-1-3-11(4-2-10)22(27)28/h1-7,24H,8H2/b15-7+. The summed E-state index contributed by atoms with van der Waals surface area (Å²) in [6.07, 6.45) is 1.53. The number of carbonyl (C=O) groups excluding carboxylic acids is 3. The van der Waals surface area contributed by atoms with Crippen molar-refractivity contribution >= 4 is 85.6 Å². The second-order valence-electron chi connectivity index (χ2n) is 5.83. The van der Waals surface area contributed by atoms with Gasteiger partial charge in [0.25, 0.3) is 16.8 Å². The van der Waals surface area contributed by atoms with Crippen molar-refractivity contribution in [2.75, 3.05) is 6.54 Å². The van der Waals surface area contributed by atoms with E-state index >= 15 is 0 Å². The third-order valence-electron chi connectivity index (χ3n) is 3.91. The Hall–Kier alpha value is -2.00. The second kappa shape index (κ2) is 8.79. The summed E-state index contributed by atoms with van der Waals surface area (Å²) in [4.78, 5) is 48.3. The van der Waals surface area contributed by atoms with Crippen molar-refractivity contribution in [1.29, 1.82) is 0 Å². The van der Waals surface area contributed by atoms with Gasteiger partial charge >= 0.3 is 0 Å². The number of rotatable bonds is 5. The van der Waals surface area contributed by atoms with E-state index in [1.165, 1.54) is 30.3 Å². The van der Waals surface area contributed by atoms with Crippen molar-refractivity contribution in [3.05, 3.63) is 69.7 Å². The SMILES string of the molecule is O=C(CN1C(=O)S/C(=C/c2cc(I)c(O)c(I)c2)C1=O)c1ccc([N+](=O)[O-])cc1. The number of nitro benzene ring substituents is 1. The lowest BCUT2D eigenvalue weighted by molar-refractivity contribution is -0.384. The van der Waals surface area contributed by atoms with E-state index in [1.807, 2.05) is 45.2 Å². The molecule has 11 heteroatoms. The number of phenolic OH excluding ortho intramolecular Hbond substituents is 1. The summed E-state index contributed by atoms with van der Waals surface area (Å²) in [6, 6.07) is 8.30. The number of hydrogen-bond acceptors (Lipinski definition) is 7. The van der Waals surface area contributed by atoms with Crippen LogP contribution in [0.3, 0.4) is 0 Å². The smallest absolute Gasteiger partial charge is 0.293 e. The molecule has 2 aromatic rings. The van der Waals surface area contributed by atoms with Crippen molar-refractivity contribution in [1.82, 2.24) is 4.90 Å². The fourth-order valence-electron chi connectivity index (χ4n) is 2.46. The highest BCUT2D eigenvalue weighted by molar-refractivity contribution is 14.1. The lowest BCUT2D eigenvalue weighted by Gasteiger charge is -2.11. The van der Waals surface area contributed by atoms with Gasteiger partial charge in [-0.25, -0.2) is 0 Å². The van der Waals surface area contributed by atoms with Crippen LogP contribution < -0.4 is 0 Å². The molecule has 1 heterocycles. The van der Waals surface area contributed by atoms with Crippen LogP contribution in [0.1, 0.15) is 15.9 Å². The van der Waals surface area contributed by atoms with Crippen LogP contribution in [0.2, 0.25) is 0 Å². The molecule has 3 rings (SSSR count). The molecule has 2 amide bonds. The molecule has 0 unspecified atom stereocenters. The van der Waals surface area contributed by atoms with E-state index in [9.17, 15) is 29.6 Å². The molecular formula is C18H10I2N2O6S. The Morgan fingerprint density at radius 2 is 1.76 bits per heavy atom. The average Bonchev–Trinajstić information content (AvgIpc) is 2.93. The zero-order chi connectivity index (χ0) is 21.3. The number of imide groups is 1. The van der Waals surface area contributed by atoms with Crippen LogP contribution in [0.4, 0.5) is 10.5 Å². The van der Waals surface area contributed by atoms with E-state index in [0.29, 0.717) is 12.7 Å². The molecule has 0 aliphatic carbocycles. The Morgan fingerprint density at radius 3 is 2.31 bits per heavy atom. The highest BCUT2D eigenvalue weighted by atomic mass is 127. The number of thioether (sulfide) groups is 1. The van der Waals surface area contributed by atoms with E-state index in [4.69, 9.17) is 0 Å². The topological polar surface area (TPSA) is 118 Å². The first-order valence-corrected chi connectivity index (χ1v) is 10.9. The lowest BCUT2D eigenvalue weighted by Crippen LogP contribution is -2.33. The molecule has 0 spiro atoms. The summed E-state index contributed by atoms with van der Waals surface area (Å²) < 4.78 is 1.21. The zero-order valence-corrected chi connectivity index (χ0v) is 19.4. The predicted octanol–water partition coefficient (Wildman–Crippen LogP) is 4.43. The first-order valence-electron chi connectivity index (χ1n) is 7.88. The van der Waals surface area contributed by atoms with Gasteiger partial charge in [-0.15, -0.1) is 0 Å². The van der Waals surface area contributed by atoms with Gasteiger partial charge in [0.1, 0.15) is 5.75 Å². The normalized spacial score (nSPS) is 15.2. The maximum absolute atomic E-state index is 12.6. The number of phenols is 1. The predicted molar refractivity (Wildman–Crippen MR) is 124 cm³/mol. The van der Waals surface area contributed by atoms with Gasteiger partial charge in [-0.2, -0.15) is 0 Å². The minimum absolute atomic E-state index is 0.144. The minimum Gasteiger partial charge on any atom is -0.506 e. The van der Waals surface area contributed by atoms with Gasteiger partial charge in [0.2, 0.25) is 0 Å². The molecule has 0 radical (unpaired) electrons. The molecular weight excluding hydrogens is 626 g/mol. The first-order chi connectivity index (χ1) is 13.7. The molecule has 1 N–H and O–H groups in total. The highest BCUT2D eigenvalue weighted by Gasteiger charge is 2.36. The lowest BCUT2D eigenvalue weighted by atomic mass is 10.1. The number of nitrogens with zero attached hydrogens (tertiary/aromatic N) is 2. The van der Waals surface area contributed by atoms with Crippen molar-refractivity contribution in [3.8, 4) is 5.75 Å². The van der Waals surface area contributed by atoms with Crippen molar-refractivity contribution in [3.63, 3.8) is 0 Å². The summed E-state index contributed by atoms with van der Waals surface area (Å²) in [6.45, 7) is -0.454. The Bertz CT molecular complexity index is 1060. The molecule has 1 aliphatic rings. The fraction of sp³-hybridized carbons (Fsp3) is 0.0556. The molecule has 8 nitrogen and oxygen atoms in total. The molecule has 29 heavy (non-hydrogen) atoms. The molecule has 1 aliphatic heterocycles. The van der Waals surface area contributed by atoms with Crippen LogP contribution in [0.5, 0.6) is 5.75 Å². The second-order valence-corrected chi connectivity index (χ2v) is 9.15. The molecule has 0 saturated carbocycles. The Morgan fingerprint density at radius 1 is 1.17 bits per heavy atom. The van der Waals surface area contributed by atoms with Gasteiger partial charge in [0, 0.05) is 17.7 Å². The first kappa shape index (κ1) is 21.7. The van der Waals surface area contributed by atoms with Crippen LogP contribution in [0.25, 0.3) is 6.08 Å². The molecule has 1 fully saturated rings. The largest absolute Gasteiger partial charge is 0.506 e. The van der Waals surface area contributed by atoms with E-state index < -0.39 is 28.4 Å². The number of Topliss-reactive ketones (excluding diaryl/α,β-unsaturated/α-hetero) is 1. The average molecular weight is 636 g/mol. The van der Waals surface area contributed by atoms with Gasteiger partial charge < -0.3 is 5.11 Å². The summed E-state index contributed by atoms with van der Waals surface area (Å²) in [5, 5.41) is 20.0. The maximum atomic E-state index is 12.6. The Balaban J connectivity index is 1.78. The monoisotopic (exact) mass is 636 g/mol. The van der Waals surface area contributed by atoms with Gasteiger partial charge in [0.15, 0.2) is 5.78 Å². The van der Waals surface area contributed by atoms with Crippen LogP contribution in [0, 0.1) is 17.3 Å². The highest BCUT2D eigenvalue weighted by Crippen LogP contribution is 2.34. The van der Waals surface area contributed by atoms with Crippen LogP contribution in [0.15, 0.2) is 41.3 Å². The summed E-state index contributed by atoms with van der Waals surface area (Å²) >= 11 is 4.65. The maximum Gasteiger partial charge on any atom is 0.293 e. The van der Waals surface area contributed by atoms with Gasteiger partial charge in [-0.1, -0.05) is 0 Å². The fourth-order valence-corrected chi connectivity index (χ4v) is 5.11. The third-order valence-corrected chi connectivity index (χ3v) is 6.46.